The van der Waals surface area contributed by atoms with E-state index in [2.05, 4.69) is 22.6 Å². The van der Waals surface area contributed by atoms with Crippen molar-refractivity contribution < 1.29 is 0 Å². The zero-order valence-electron chi connectivity index (χ0n) is 10.4. The van der Waals surface area contributed by atoms with Crippen LogP contribution in [-0.4, -0.2) is 17.6 Å². The first kappa shape index (κ1) is 11.6. The monoisotopic (exact) mass is 251 g/mol. The fourth-order valence-corrected chi connectivity index (χ4v) is 4.23. The van der Waals surface area contributed by atoms with Crippen molar-refractivity contribution in [3.63, 3.8) is 0 Å². The molecule has 4 atom stereocenters. The molecule has 0 aliphatic heterocycles. The summed E-state index contributed by atoms with van der Waals surface area (Å²) >= 11 is 1.72. The maximum Gasteiger partial charge on any atom is 0.0897 e. The van der Waals surface area contributed by atoms with Crippen LogP contribution in [0.25, 0.3) is 0 Å². The summed E-state index contributed by atoms with van der Waals surface area (Å²) in [5.41, 5.74) is 7.46. The molecule has 2 bridgehead atoms. The number of hydrogen-bond acceptors (Lipinski definition) is 4. The van der Waals surface area contributed by atoms with Crippen LogP contribution in [0.3, 0.4) is 0 Å². The van der Waals surface area contributed by atoms with Crippen molar-refractivity contribution in [1.82, 2.24) is 10.3 Å². The van der Waals surface area contributed by atoms with E-state index in [0.29, 0.717) is 12.0 Å². The number of nitrogens with two attached hydrogens (primary N) is 1. The minimum absolute atomic E-state index is 0.443. The van der Waals surface area contributed by atoms with Crippen LogP contribution in [0.2, 0.25) is 0 Å². The molecule has 3 rings (SSSR count). The third-order valence-electron chi connectivity index (χ3n) is 4.51. The Hall–Kier alpha value is -0.450. The number of aryl methyl sites for hydroxylation is 1. The lowest BCUT2D eigenvalue weighted by atomic mass is 9.85. The van der Waals surface area contributed by atoms with Gasteiger partial charge in [-0.2, -0.15) is 0 Å². The number of rotatable bonds is 4. The first-order valence-electron chi connectivity index (χ1n) is 6.61. The Labute approximate surface area is 107 Å². The highest BCUT2D eigenvalue weighted by atomic mass is 32.1. The second kappa shape index (κ2) is 4.67. The van der Waals surface area contributed by atoms with E-state index in [4.69, 9.17) is 5.73 Å². The molecule has 4 heteroatoms. The Morgan fingerprint density at radius 3 is 2.94 bits per heavy atom. The van der Waals surface area contributed by atoms with E-state index in [0.717, 1.165) is 29.9 Å². The molecular weight excluding hydrogens is 230 g/mol. The van der Waals surface area contributed by atoms with Crippen molar-refractivity contribution in [2.24, 2.45) is 23.5 Å². The summed E-state index contributed by atoms with van der Waals surface area (Å²) in [5, 5.41) is 6.83. The molecule has 1 heterocycles. The molecule has 0 amide bonds. The standard InChI is InChI=1S/C13H21N3S/c1-8-16-11(7-17-8)5-15-6-12-9-2-3-10(4-9)13(12)14/h7,9-10,12-13,15H,2-6,14H2,1H3. The van der Waals surface area contributed by atoms with Crippen LogP contribution >= 0.6 is 11.3 Å². The molecule has 17 heavy (non-hydrogen) atoms. The molecule has 2 aliphatic rings. The van der Waals surface area contributed by atoms with Gasteiger partial charge in [-0.3, -0.25) is 0 Å². The van der Waals surface area contributed by atoms with Crippen molar-refractivity contribution in [3.8, 4) is 0 Å². The maximum atomic E-state index is 6.29. The van der Waals surface area contributed by atoms with Gasteiger partial charge in [0.2, 0.25) is 0 Å². The maximum absolute atomic E-state index is 6.29. The first-order chi connectivity index (χ1) is 8.24. The van der Waals surface area contributed by atoms with Crippen molar-refractivity contribution >= 4 is 11.3 Å². The highest BCUT2D eigenvalue weighted by Gasteiger charge is 2.45. The fourth-order valence-electron chi connectivity index (χ4n) is 3.61. The van der Waals surface area contributed by atoms with E-state index in [1.807, 2.05) is 0 Å². The molecule has 3 N–H and O–H groups in total. The average molecular weight is 251 g/mol. The van der Waals surface area contributed by atoms with Crippen LogP contribution in [0.4, 0.5) is 0 Å². The van der Waals surface area contributed by atoms with Crippen LogP contribution in [0.15, 0.2) is 5.38 Å². The Kier molecular flexibility index (Phi) is 3.19. The molecule has 3 nitrogen and oxygen atoms in total. The molecule has 0 saturated heterocycles. The lowest BCUT2D eigenvalue weighted by Crippen LogP contribution is -2.41. The lowest BCUT2D eigenvalue weighted by Gasteiger charge is -2.28. The number of nitrogens with one attached hydrogen (secondary N) is 1. The summed E-state index contributed by atoms with van der Waals surface area (Å²) < 4.78 is 0. The highest BCUT2D eigenvalue weighted by molar-refractivity contribution is 7.09. The highest BCUT2D eigenvalue weighted by Crippen LogP contribution is 2.47. The summed E-state index contributed by atoms with van der Waals surface area (Å²) in [6, 6.07) is 0.443. The predicted molar refractivity (Wildman–Crippen MR) is 70.9 cm³/mol. The van der Waals surface area contributed by atoms with Gasteiger partial charge in [-0.05, 0) is 43.9 Å². The Bertz CT molecular complexity index is 388. The van der Waals surface area contributed by atoms with Crippen LogP contribution in [0.1, 0.15) is 30.0 Å². The van der Waals surface area contributed by atoms with Gasteiger partial charge in [-0.25, -0.2) is 4.98 Å². The minimum Gasteiger partial charge on any atom is -0.327 e. The largest absolute Gasteiger partial charge is 0.327 e. The summed E-state index contributed by atoms with van der Waals surface area (Å²) in [4.78, 5) is 4.47. The lowest BCUT2D eigenvalue weighted by molar-refractivity contribution is 0.278. The van der Waals surface area contributed by atoms with E-state index in [1.165, 1.54) is 25.0 Å². The van der Waals surface area contributed by atoms with Gasteiger partial charge in [0.15, 0.2) is 0 Å². The quantitative estimate of drug-likeness (QED) is 0.859. The Balaban J connectivity index is 1.48. The molecule has 4 unspecified atom stereocenters. The van der Waals surface area contributed by atoms with Gasteiger partial charge >= 0.3 is 0 Å². The fraction of sp³-hybridized carbons (Fsp3) is 0.769. The molecule has 1 aromatic rings. The van der Waals surface area contributed by atoms with E-state index in [9.17, 15) is 0 Å². The van der Waals surface area contributed by atoms with Crippen LogP contribution in [-0.2, 0) is 6.54 Å². The average Bonchev–Trinajstić information content (AvgIpc) is 2.97. The Morgan fingerprint density at radius 2 is 2.29 bits per heavy atom. The topological polar surface area (TPSA) is 50.9 Å². The van der Waals surface area contributed by atoms with Gasteiger partial charge in [0.1, 0.15) is 0 Å². The molecule has 2 aliphatic carbocycles. The van der Waals surface area contributed by atoms with Crippen LogP contribution in [0.5, 0.6) is 0 Å². The number of nitrogens with zero attached hydrogens (tertiary/aromatic N) is 1. The van der Waals surface area contributed by atoms with Gasteiger partial charge in [0.05, 0.1) is 10.7 Å². The number of aromatic nitrogens is 1. The predicted octanol–water partition coefficient (Wildman–Crippen LogP) is 1.91. The van der Waals surface area contributed by atoms with Gasteiger partial charge in [-0.1, -0.05) is 0 Å². The molecular formula is C13H21N3S. The van der Waals surface area contributed by atoms with E-state index in [-0.39, 0.29) is 0 Å². The summed E-state index contributed by atoms with van der Waals surface area (Å²) in [7, 11) is 0. The summed E-state index contributed by atoms with van der Waals surface area (Å²) in [6.45, 7) is 4.02. The van der Waals surface area contributed by atoms with E-state index < -0.39 is 0 Å². The van der Waals surface area contributed by atoms with Crippen molar-refractivity contribution in [2.45, 2.75) is 38.8 Å². The van der Waals surface area contributed by atoms with Crippen molar-refractivity contribution in [1.29, 1.82) is 0 Å². The molecule has 0 spiro atoms. The van der Waals surface area contributed by atoms with Crippen LogP contribution < -0.4 is 11.1 Å². The first-order valence-corrected chi connectivity index (χ1v) is 7.49. The van der Waals surface area contributed by atoms with Crippen molar-refractivity contribution in [2.75, 3.05) is 6.54 Å². The normalized spacial score (nSPS) is 35.6. The van der Waals surface area contributed by atoms with Crippen molar-refractivity contribution in [3.05, 3.63) is 16.1 Å². The number of hydrogen-bond donors (Lipinski definition) is 2. The number of fused-ring (bicyclic) bond motifs is 2. The van der Waals surface area contributed by atoms with E-state index >= 15 is 0 Å². The summed E-state index contributed by atoms with van der Waals surface area (Å²) in [6.07, 6.45) is 4.15. The SMILES string of the molecule is Cc1nc(CNCC2C3CCC(C3)C2N)cs1. The van der Waals surface area contributed by atoms with Gasteiger partial charge in [0.25, 0.3) is 0 Å². The number of thiazole rings is 1. The van der Waals surface area contributed by atoms with Gasteiger partial charge < -0.3 is 11.1 Å². The van der Waals surface area contributed by atoms with Gasteiger partial charge in [0, 0.05) is 24.5 Å². The summed E-state index contributed by atoms with van der Waals surface area (Å²) in [5.74, 6) is 2.40. The molecule has 2 fully saturated rings. The third-order valence-corrected chi connectivity index (χ3v) is 5.33. The zero-order chi connectivity index (χ0) is 11.8. The molecule has 94 valence electrons. The van der Waals surface area contributed by atoms with E-state index in [1.54, 1.807) is 11.3 Å². The molecule has 0 aromatic carbocycles. The molecule has 1 aromatic heterocycles. The second-order valence-electron chi connectivity index (χ2n) is 5.56. The minimum atomic E-state index is 0.443. The Morgan fingerprint density at radius 1 is 1.47 bits per heavy atom. The van der Waals surface area contributed by atoms with Gasteiger partial charge in [-0.15, -0.1) is 11.3 Å². The molecule has 0 radical (unpaired) electrons. The second-order valence-corrected chi connectivity index (χ2v) is 6.63. The smallest absolute Gasteiger partial charge is 0.0897 e. The molecule has 2 saturated carbocycles. The van der Waals surface area contributed by atoms with Crippen LogP contribution in [0, 0.1) is 24.7 Å². The third kappa shape index (κ3) is 2.26. The zero-order valence-corrected chi connectivity index (χ0v) is 11.2.